The highest BCUT2D eigenvalue weighted by Crippen LogP contribution is 2.22. The molecule has 1 heterocycles. The van der Waals surface area contributed by atoms with Crippen LogP contribution in [0.25, 0.3) is 0 Å². The van der Waals surface area contributed by atoms with Crippen molar-refractivity contribution in [2.24, 2.45) is 0 Å². The van der Waals surface area contributed by atoms with E-state index < -0.39 is 0 Å². The third kappa shape index (κ3) is 5.29. The van der Waals surface area contributed by atoms with Gasteiger partial charge >= 0.3 is 0 Å². The molecule has 1 unspecified atom stereocenters. The van der Waals surface area contributed by atoms with Crippen LogP contribution in [0.2, 0.25) is 0 Å². The molecule has 2 heteroatoms. The molecule has 21 heavy (non-hydrogen) atoms. The van der Waals surface area contributed by atoms with E-state index in [4.69, 9.17) is 0 Å². The zero-order valence-corrected chi connectivity index (χ0v) is 14.1. The van der Waals surface area contributed by atoms with Gasteiger partial charge in [0.15, 0.2) is 0 Å². The normalized spacial score (nSPS) is 12.5. The summed E-state index contributed by atoms with van der Waals surface area (Å²) in [6.45, 7) is 5.56. The summed E-state index contributed by atoms with van der Waals surface area (Å²) in [4.78, 5) is 1.51. The molecule has 0 spiro atoms. The predicted molar refractivity (Wildman–Crippen MR) is 94.1 cm³/mol. The fourth-order valence-corrected chi connectivity index (χ4v) is 3.42. The van der Waals surface area contributed by atoms with E-state index >= 15 is 0 Å². The van der Waals surface area contributed by atoms with Crippen LogP contribution in [-0.2, 0) is 12.8 Å². The Balaban J connectivity index is 1.95. The molecule has 0 bridgehead atoms. The maximum absolute atomic E-state index is 3.72. The van der Waals surface area contributed by atoms with E-state index in [0.29, 0.717) is 6.04 Å². The number of rotatable bonds is 9. The highest BCUT2D eigenvalue weighted by molar-refractivity contribution is 7.09. The molecule has 2 aromatic rings. The summed E-state index contributed by atoms with van der Waals surface area (Å²) in [7, 11) is 0. The highest BCUT2D eigenvalue weighted by Gasteiger charge is 2.11. The van der Waals surface area contributed by atoms with Crippen molar-refractivity contribution in [3.8, 4) is 0 Å². The van der Waals surface area contributed by atoms with Crippen LogP contribution < -0.4 is 5.32 Å². The fourth-order valence-electron chi connectivity index (χ4n) is 2.67. The van der Waals surface area contributed by atoms with Crippen molar-refractivity contribution in [1.82, 2.24) is 5.32 Å². The lowest BCUT2D eigenvalue weighted by Crippen LogP contribution is -2.22. The molecule has 1 N–H and O–H groups in total. The van der Waals surface area contributed by atoms with Gasteiger partial charge < -0.3 is 5.32 Å². The van der Waals surface area contributed by atoms with Gasteiger partial charge in [-0.2, -0.15) is 0 Å². The summed E-state index contributed by atoms with van der Waals surface area (Å²) in [6, 6.07) is 14.0. The predicted octanol–water partition coefficient (Wildman–Crippen LogP) is 5.37. The molecular formula is C19H27NS. The van der Waals surface area contributed by atoms with E-state index in [1.54, 1.807) is 0 Å². The first kappa shape index (κ1) is 16.3. The van der Waals surface area contributed by atoms with E-state index in [2.05, 4.69) is 60.9 Å². The van der Waals surface area contributed by atoms with Crippen LogP contribution in [0.1, 0.15) is 55.2 Å². The molecule has 114 valence electrons. The molecule has 0 radical (unpaired) electrons. The molecule has 0 saturated carbocycles. The molecule has 0 aliphatic carbocycles. The second kappa shape index (κ2) is 9.01. The van der Waals surface area contributed by atoms with Crippen LogP contribution in [0.15, 0.2) is 41.8 Å². The van der Waals surface area contributed by atoms with E-state index in [1.807, 2.05) is 11.3 Å². The second-order valence-corrected chi connectivity index (χ2v) is 6.61. The van der Waals surface area contributed by atoms with Crippen LogP contribution in [0.5, 0.6) is 0 Å². The molecule has 1 nitrogen and oxygen atoms in total. The van der Waals surface area contributed by atoms with Crippen LogP contribution in [0, 0.1) is 0 Å². The first-order valence-electron chi connectivity index (χ1n) is 8.18. The number of hydrogen-bond acceptors (Lipinski definition) is 2. The van der Waals surface area contributed by atoms with Gasteiger partial charge in [0.05, 0.1) is 0 Å². The summed E-state index contributed by atoms with van der Waals surface area (Å²) in [5.41, 5.74) is 2.89. The first-order chi connectivity index (χ1) is 10.3. The Hall–Kier alpha value is -1.12. The molecule has 0 aliphatic rings. The zero-order chi connectivity index (χ0) is 14.9. The highest BCUT2D eigenvalue weighted by atomic mass is 32.1. The summed E-state index contributed by atoms with van der Waals surface area (Å²) in [6.07, 6.45) is 5.97. The zero-order valence-electron chi connectivity index (χ0n) is 13.3. The molecule has 1 aromatic heterocycles. The average molecular weight is 301 g/mol. The Labute approximate surface area is 133 Å². The Morgan fingerprint density at radius 2 is 2.05 bits per heavy atom. The summed E-state index contributed by atoms with van der Waals surface area (Å²) in [5, 5.41) is 5.89. The van der Waals surface area contributed by atoms with Gasteiger partial charge in [0.1, 0.15) is 0 Å². The van der Waals surface area contributed by atoms with Gasteiger partial charge in [-0.3, -0.25) is 0 Å². The lowest BCUT2D eigenvalue weighted by Gasteiger charge is -2.19. The SMILES string of the molecule is CCCNC(CCCc1cccs1)c1cccc(CC)c1. The smallest absolute Gasteiger partial charge is 0.0320 e. The minimum absolute atomic E-state index is 0.497. The van der Waals surface area contributed by atoms with Crippen LogP contribution >= 0.6 is 11.3 Å². The third-order valence-corrected chi connectivity index (χ3v) is 4.83. The minimum Gasteiger partial charge on any atom is -0.310 e. The third-order valence-electron chi connectivity index (χ3n) is 3.90. The van der Waals surface area contributed by atoms with E-state index in [-0.39, 0.29) is 0 Å². The molecule has 0 saturated heterocycles. The summed E-state index contributed by atoms with van der Waals surface area (Å²) < 4.78 is 0. The lowest BCUT2D eigenvalue weighted by molar-refractivity contribution is 0.484. The van der Waals surface area contributed by atoms with Crippen molar-refractivity contribution in [1.29, 1.82) is 0 Å². The average Bonchev–Trinajstić information content (AvgIpc) is 3.04. The van der Waals surface area contributed by atoms with Crippen molar-refractivity contribution in [3.63, 3.8) is 0 Å². The Morgan fingerprint density at radius 1 is 1.14 bits per heavy atom. The van der Waals surface area contributed by atoms with Crippen LogP contribution in [0.4, 0.5) is 0 Å². The minimum atomic E-state index is 0.497. The molecule has 1 aromatic carbocycles. The van der Waals surface area contributed by atoms with Gasteiger partial charge in [-0.1, -0.05) is 44.2 Å². The lowest BCUT2D eigenvalue weighted by atomic mass is 9.98. The summed E-state index contributed by atoms with van der Waals surface area (Å²) >= 11 is 1.87. The van der Waals surface area contributed by atoms with Gasteiger partial charge in [0, 0.05) is 10.9 Å². The van der Waals surface area contributed by atoms with Crippen LogP contribution in [0.3, 0.4) is 0 Å². The van der Waals surface area contributed by atoms with Gasteiger partial charge in [0.25, 0.3) is 0 Å². The molecule has 1 atom stereocenters. The summed E-state index contributed by atoms with van der Waals surface area (Å²) in [5.74, 6) is 0. The Bertz CT molecular complexity index is 504. The number of nitrogens with one attached hydrogen (secondary N) is 1. The molecule has 0 aliphatic heterocycles. The number of hydrogen-bond donors (Lipinski definition) is 1. The fraction of sp³-hybridized carbons (Fsp3) is 0.474. The van der Waals surface area contributed by atoms with Gasteiger partial charge in [-0.25, -0.2) is 0 Å². The maximum atomic E-state index is 3.72. The maximum Gasteiger partial charge on any atom is 0.0320 e. The molecular weight excluding hydrogens is 274 g/mol. The van der Waals surface area contributed by atoms with E-state index in [0.717, 1.165) is 13.0 Å². The first-order valence-corrected chi connectivity index (χ1v) is 9.06. The molecule has 2 rings (SSSR count). The van der Waals surface area contributed by atoms with Crippen molar-refractivity contribution >= 4 is 11.3 Å². The van der Waals surface area contributed by atoms with Crippen LogP contribution in [-0.4, -0.2) is 6.54 Å². The van der Waals surface area contributed by atoms with E-state index in [9.17, 15) is 0 Å². The molecule has 0 amide bonds. The number of thiophene rings is 1. The number of aryl methyl sites for hydroxylation is 2. The van der Waals surface area contributed by atoms with Gasteiger partial charge in [0.2, 0.25) is 0 Å². The van der Waals surface area contributed by atoms with Gasteiger partial charge in [-0.05, 0) is 61.2 Å². The number of benzene rings is 1. The quantitative estimate of drug-likeness (QED) is 0.656. The Kier molecular flexibility index (Phi) is 6.98. The van der Waals surface area contributed by atoms with E-state index in [1.165, 1.54) is 41.7 Å². The largest absolute Gasteiger partial charge is 0.310 e. The molecule has 0 fully saturated rings. The van der Waals surface area contributed by atoms with Crippen molar-refractivity contribution in [2.45, 2.75) is 52.0 Å². The topological polar surface area (TPSA) is 12.0 Å². The van der Waals surface area contributed by atoms with Crippen molar-refractivity contribution in [3.05, 3.63) is 57.8 Å². The second-order valence-electron chi connectivity index (χ2n) is 5.58. The standard InChI is InChI=1S/C19H27NS/c1-3-13-20-19(12-6-10-18-11-7-14-21-18)17-9-5-8-16(4-2)15-17/h5,7-9,11,14-15,19-20H,3-4,6,10,12-13H2,1-2H3. The Morgan fingerprint density at radius 3 is 2.76 bits per heavy atom. The van der Waals surface area contributed by atoms with Gasteiger partial charge in [-0.15, -0.1) is 11.3 Å². The monoisotopic (exact) mass is 301 g/mol. The van der Waals surface area contributed by atoms with Crippen molar-refractivity contribution < 1.29 is 0 Å². The van der Waals surface area contributed by atoms with Crippen molar-refractivity contribution in [2.75, 3.05) is 6.54 Å².